The Kier molecular flexibility index (Phi) is 4.66. The first-order chi connectivity index (χ1) is 5.75. The van der Waals surface area contributed by atoms with Crippen LogP contribution in [-0.4, -0.2) is 16.3 Å². The first-order valence-electron chi connectivity index (χ1n) is 4.06. The second-order valence-corrected chi connectivity index (χ2v) is 3.90. The summed E-state index contributed by atoms with van der Waals surface area (Å²) in [5.41, 5.74) is 2.61. The molecule has 0 spiro atoms. The summed E-state index contributed by atoms with van der Waals surface area (Å²) in [7, 11) is 2.71. The summed E-state index contributed by atoms with van der Waals surface area (Å²) in [6.45, 7) is 2.03. The molecule has 1 N–H and O–H groups in total. The van der Waals surface area contributed by atoms with Crippen molar-refractivity contribution >= 4 is 9.39 Å². The molecule has 0 aliphatic carbocycles. The van der Waals surface area contributed by atoms with Gasteiger partial charge in [0.1, 0.15) is 5.75 Å². The Balaban J connectivity index is 0.000000845. The Morgan fingerprint density at radius 1 is 1.31 bits per heavy atom. The molecule has 1 radical (unpaired) electrons. The van der Waals surface area contributed by atoms with Crippen LogP contribution < -0.4 is 0 Å². The van der Waals surface area contributed by atoms with Gasteiger partial charge in [0.15, 0.2) is 0 Å². The first-order valence-corrected chi connectivity index (χ1v) is 4.58. The number of rotatable bonds is 0. The molecule has 0 amide bonds. The van der Waals surface area contributed by atoms with Crippen LogP contribution in [0.25, 0.3) is 0 Å². The van der Waals surface area contributed by atoms with E-state index in [1.54, 1.807) is 6.07 Å². The molecule has 67 valence electrons. The number of phenolic OH excluding ortho intramolecular Hbond substituents is 1. The Morgan fingerprint density at radius 2 is 2.08 bits per heavy atom. The van der Waals surface area contributed by atoms with Crippen molar-refractivity contribution in [2.24, 2.45) is 0 Å². The SMILES string of the molecule is Oc1ccc2c(c1)CCN(P)C2.[Ac]. The molecule has 1 heterocycles. The number of nitrogens with zero attached hydrogens (tertiary/aromatic N) is 1. The van der Waals surface area contributed by atoms with Crippen LogP contribution in [-0.2, 0) is 13.0 Å². The molecular weight excluding hydrogens is 396 g/mol. The van der Waals surface area contributed by atoms with E-state index in [0.717, 1.165) is 19.5 Å². The monoisotopic (exact) mass is 408 g/mol. The van der Waals surface area contributed by atoms with E-state index in [1.807, 2.05) is 12.1 Å². The van der Waals surface area contributed by atoms with Crippen LogP contribution in [0.4, 0.5) is 0 Å². The summed E-state index contributed by atoms with van der Waals surface area (Å²) in [6, 6.07) is 5.62. The van der Waals surface area contributed by atoms with E-state index in [0.29, 0.717) is 5.75 Å². The van der Waals surface area contributed by atoms with Gasteiger partial charge in [-0.15, -0.1) is 0 Å². The number of phenols is 1. The molecule has 1 atom stereocenters. The average Bonchev–Trinajstić information content (AvgIpc) is 2.05. The van der Waals surface area contributed by atoms with Crippen molar-refractivity contribution in [3.63, 3.8) is 0 Å². The molecule has 2 nitrogen and oxygen atoms in total. The second kappa shape index (κ2) is 5.08. The molecule has 0 saturated carbocycles. The van der Waals surface area contributed by atoms with Crippen molar-refractivity contribution in [2.45, 2.75) is 13.0 Å². The van der Waals surface area contributed by atoms with Crippen molar-refractivity contribution in [1.82, 2.24) is 4.67 Å². The minimum Gasteiger partial charge on any atom is -0.508 e. The van der Waals surface area contributed by atoms with Gasteiger partial charge in [-0.1, -0.05) is 15.5 Å². The van der Waals surface area contributed by atoms with Crippen molar-refractivity contribution in [1.29, 1.82) is 0 Å². The van der Waals surface area contributed by atoms with Crippen LogP contribution in [0, 0.1) is 44.1 Å². The smallest absolute Gasteiger partial charge is 0.115 e. The molecule has 1 aliphatic rings. The zero-order chi connectivity index (χ0) is 8.55. The Bertz CT molecular complexity index is 306. The third kappa shape index (κ3) is 2.90. The summed E-state index contributed by atoms with van der Waals surface area (Å²) in [5, 5.41) is 9.24. The molecule has 2 rings (SSSR count). The van der Waals surface area contributed by atoms with Gasteiger partial charge in [-0.2, -0.15) is 0 Å². The van der Waals surface area contributed by atoms with Gasteiger partial charge >= 0.3 is 0 Å². The van der Waals surface area contributed by atoms with E-state index in [4.69, 9.17) is 0 Å². The largest absolute Gasteiger partial charge is 0.508 e. The van der Waals surface area contributed by atoms with Gasteiger partial charge in [-0.05, 0) is 29.7 Å². The van der Waals surface area contributed by atoms with Gasteiger partial charge in [-0.3, -0.25) is 4.67 Å². The molecule has 1 aromatic rings. The molecule has 1 unspecified atom stereocenters. The van der Waals surface area contributed by atoms with Crippen LogP contribution in [0.15, 0.2) is 18.2 Å². The molecule has 1 aromatic carbocycles. The average molecular weight is 408 g/mol. The number of fused-ring (bicyclic) bond motifs is 1. The maximum Gasteiger partial charge on any atom is 0.115 e. The van der Waals surface area contributed by atoms with Crippen LogP contribution >= 0.6 is 9.39 Å². The van der Waals surface area contributed by atoms with Crippen molar-refractivity contribution in [3.05, 3.63) is 29.3 Å². The number of hydrogen-bond acceptors (Lipinski definition) is 2. The maximum absolute atomic E-state index is 9.24. The Hall–Kier alpha value is 0.852. The fourth-order valence-electron chi connectivity index (χ4n) is 1.56. The predicted molar refractivity (Wildman–Crippen MR) is 51.9 cm³/mol. The van der Waals surface area contributed by atoms with E-state index in [2.05, 4.69) is 14.1 Å². The normalized spacial score (nSPS) is 16.1. The summed E-state index contributed by atoms with van der Waals surface area (Å²) in [5.74, 6) is 0.381. The van der Waals surface area contributed by atoms with E-state index < -0.39 is 0 Å². The molecule has 0 fully saturated rings. The molecule has 4 heteroatoms. The van der Waals surface area contributed by atoms with Gasteiger partial charge in [0.25, 0.3) is 0 Å². The van der Waals surface area contributed by atoms with Crippen molar-refractivity contribution < 1.29 is 49.2 Å². The fourth-order valence-corrected chi connectivity index (χ4v) is 1.89. The number of hydrogen-bond donors (Lipinski definition) is 1. The summed E-state index contributed by atoms with van der Waals surface area (Å²) in [4.78, 5) is 0. The topological polar surface area (TPSA) is 23.5 Å². The van der Waals surface area contributed by atoms with Gasteiger partial charge in [0, 0.05) is 57.2 Å². The van der Waals surface area contributed by atoms with E-state index in [1.165, 1.54) is 11.1 Å². The molecule has 0 aromatic heterocycles. The molecule has 0 bridgehead atoms. The van der Waals surface area contributed by atoms with Crippen LogP contribution in [0.3, 0.4) is 0 Å². The van der Waals surface area contributed by atoms with Gasteiger partial charge < -0.3 is 5.11 Å². The molecular formula is C9H12AcNOP. The van der Waals surface area contributed by atoms with Gasteiger partial charge in [-0.25, -0.2) is 0 Å². The fraction of sp³-hybridized carbons (Fsp3) is 0.333. The third-order valence-electron chi connectivity index (χ3n) is 2.23. The Labute approximate surface area is 117 Å². The number of aromatic hydroxyl groups is 1. The van der Waals surface area contributed by atoms with E-state index in [9.17, 15) is 5.11 Å². The first kappa shape index (κ1) is 11.9. The minimum atomic E-state index is 0. The quantitative estimate of drug-likeness (QED) is 0.659. The molecule has 1 aliphatic heterocycles. The van der Waals surface area contributed by atoms with Gasteiger partial charge in [0.2, 0.25) is 0 Å². The summed E-state index contributed by atoms with van der Waals surface area (Å²) < 4.78 is 2.21. The van der Waals surface area contributed by atoms with Crippen molar-refractivity contribution in [2.75, 3.05) is 6.54 Å². The van der Waals surface area contributed by atoms with E-state index >= 15 is 0 Å². The van der Waals surface area contributed by atoms with Gasteiger partial charge in [0.05, 0.1) is 0 Å². The number of benzene rings is 1. The minimum absolute atomic E-state index is 0. The van der Waals surface area contributed by atoms with E-state index in [-0.39, 0.29) is 44.1 Å². The van der Waals surface area contributed by atoms with Crippen LogP contribution in [0.2, 0.25) is 0 Å². The predicted octanol–water partition coefficient (Wildman–Crippen LogP) is 1.54. The third-order valence-corrected chi connectivity index (χ3v) is 2.67. The second-order valence-electron chi connectivity index (χ2n) is 3.17. The zero-order valence-electron chi connectivity index (χ0n) is 7.40. The van der Waals surface area contributed by atoms with Crippen LogP contribution in [0.5, 0.6) is 5.75 Å². The van der Waals surface area contributed by atoms with Crippen LogP contribution in [0.1, 0.15) is 11.1 Å². The Morgan fingerprint density at radius 3 is 2.85 bits per heavy atom. The zero-order valence-corrected chi connectivity index (χ0v) is 13.3. The molecule has 13 heavy (non-hydrogen) atoms. The standard InChI is InChI=1S/C9H12NOP.Ac/c11-9-2-1-8-6-10(12)4-3-7(8)5-9;/h1-2,5,11H,3-4,6,12H2;. The van der Waals surface area contributed by atoms with Crippen molar-refractivity contribution in [3.8, 4) is 5.75 Å². The maximum atomic E-state index is 9.24. The summed E-state index contributed by atoms with van der Waals surface area (Å²) >= 11 is 0. The summed E-state index contributed by atoms with van der Waals surface area (Å²) in [6.07, 6.45) is 1.03. The molecule has 0 saturated heterocycles.